The van der Waals surface area contributed by atoms with Crippen molar-refractivity contribution in [1.29, 1.82) is 0 Å². The lowest BCUT2D eigenvalue weighted by Gasteiger charge is -2.23. The van der Waals surface area contributed by atoms with E-state index >= 15 is 8.78 Å². The number of rotatable bonds is 9. The molecule has 53 heavy (non-hydrogen) atoms. The van der Waals surface area contributed by atoms with Crippen LogP contribution in [0.1, 0.15) is 64.9 Å². The smallest absolute Gasteiger partial charge is 0.346 e. The van der Waals surface area contributed by atoms with Crippen LogP contribution in [0.3, 0.4) is 0 Å². The molecule has 1 N–H and O–H groups in total. The van der Waals surface area contributed by atoms with Gasteiger partial charge in [-0.05, 0) is 61.9 Å². The van der Waals surface area contributed by atoms with Crippen LogP contribution in [0, 0.1) is 24.5 Å². The molecular formula is C35H27ClF10N6O. The Morgan fingerprint density at radius 2 is 1.68 bits per heavy atom. The number of alkyl halides is 8. The fourth-order valence-electron chi connectivity index (χ4n) is 7.32. The summed E-state index contributed by atoms with van der Waals surface area (Å²) in [5.41, 5.74) is -2.31. The van der Waals surface area contributed by atoms with Crippen molar-refractivity contribution in [3.63, 3.8) is 0 Å². The molecule has 0 radical (unpaired) electrons. The number of aryl methyl sites for hydroxylation is 2. The predicted octanol–water partition coefficient (Wildman–Crippen LogP) is 8.99. The van der Waals surface area contributed by atoms with Crippen molar-refractivity contribution in [1.82, 2.24) is 29.9 Å². The fourth-order valence-corrected chi connectivity index (χ4v) is 7.61. The zero-order valence-corrected chi connectivity index (χ0v) is 28.4. The van der Waals surface area contributed by atoms with Crippen molar-refractivity contribution >= 4 is 28.4 Å². The summed E-state index contributed by atoms with van der Waals surface area (Å²) < 4.78 is 143. The van der Waals surface area contributed by atoms with E-state index in [1.54, 1.807) is 13.0 Å². The van der Waals surface area contributed by atoms with Gasteiger partial charge in [-0.25, -0.2) is 8.78 Å². The van der Waals surface area contributed by atoms with Gasteiger partial charge >= 0.3 is 12.4 Å². The molecule has 2 aliphatic rings. The molecule has 7 rings (SSSR count). The van der Waals surface area contributed by atoms with Gasteiger partial charge in [-0.2, -0.15) is 45.3 Å². The van der Waals surface area contributed by atoms with Crippen molar-refractivity contribution < 1.29 is 48.7 Å². The molecule has 2 aromatic carbocycles. The molecule has 1 unspecified atom stereocenters. The molecule has 7 nitrogen and oxygen atoms in total. The molecule has 1 fully saturated rings. The van der Waals surface area contributed by atoms with Gasteiger partial charge in [0.2, 0.25) is 5.91 Å². The first-order valence-corrected chi connectivity index (χ1v) is 16.7. The number of carbonyl (C=O) groups is 1. The van der Waals surface area contributed by atoms with Crippen LogP contribution < -0.4 is 5.32 Å². The first kappa shape index (κ1) is 36.7. The van der Waals surface area contributed by atoms with Crippen LogP contribution in [0.15, 0.2) is 42.5 Å². The number of hydrogen-bond donors (Lipinski definition) is 1. The maximum absolute atomic E-state index is 15.3. The number of aromatic nitrogens is 5. The van der Waals surface area contributed by atoms with Crippen molar-refractivity contribution in [2.24, 2.45) is 5.92 Å². The number of nitrogens with zero attached hydrogens (tertiary/aromatic N) is 5. The number of hydrogen-bond acceptors (Lipinski definition) is 4. The van der Waals surface area contributed by atoms with E-state index in [4.69, 9.17) is 11.6 Å². The first-order chi connectivity index (χ1) is 24.8. The SMILES string of the molecule is CCc1ccc(-c2ccc(Cl)c3c(C)nn(CC(F)(F)F)c23)c(C(Cc2cc(F)cc(F)c2)NC(=O)Cn2nc(C(F)(F)F)c3c2C(F)(F)[C@@H]2C[C@H]32)n1. The molecule has 5 aromatic rings. The Kier molecular flexibility index (Phi) is 8.81. The van der Waals surface area contributed by atoms with E-state index < -0.39 is 90.2 Å². The molecule has 1 amide bonds. The molecule has 3 heterocycles. The summed E-state index contributed by atoms with van der Waals surface area (Å²) in [6.45, 7) is 0.621. The lowest BCUT2D eigenvalue weighted by atomic mass is 9.93. The molecule has 0 spiro atoms. The van der Waals surface area contributed by atoms with Crippen molar-refractivity contribution in [2.45, 2.75) is 76.4 Å². The highest BCUT2D eigenvalue weighted by Crippen LogP contribution is 2.68. The molecule has 0 bridgehead atoms. The lowest BCUT2D eigenvalue weighted by molar-refractivity contribution is -0.143. The highest BCUT2D eigenvalue weighted by molar-refractivity contribution is 6.36. The molecule has 1 saturated carbocycles. The number of benzene rings is 2. The van der Waals surface area contributed by atoms with E-state index in [2.05, 4.69) is 20.5 Å². The largest absolute Gasteiger partial charge is 0.435 e. The Morgan fingerprint density at radius 1 is 1.00 bits per heavy atom. The number of amides is 1. The minimum Gasteiger partial charge on any atom is -0.346 e. The third kappa shape index (κ3) is 6.72. The van der Waals surface area contributed by atoms with E-state index in [-0.39, 0.29) is 50.4 Å². The molecular weight excluding hydrogens is 746 g/mol. The van der Waals surface area contributed by atoms with Gasteiger partial charge in [-0.15, -0.1) is 0 Å². The van der Waals surface area contributed by atoms with Crippen LogP contribution in [0.4, 0.5) is 43.9 Å². The Balaban J connectivity index is 1.36. The minimum absolute atomic E-state index is 0.00310. The highest BCUT2D eigenvalue weighted by atomic mass is 35.5. The zero-order valence-electron chi connectivity index (χ0n) is 27.6. The summed E-state index contributed by atoms with van der Waals surface area (Å²) >= 11 is 6.43. The molecule has 2 aliphatic carbocycles. The molecule has 0 saturated heterocycles. The van der Waals surface area contributed by atoms with Crippen molar-refractivity contribution in [2.75, 3.05) is 0 Å². The van der Waals surface area contributed by atoms with Crippen molar-refractivity contribution in [3.8, 4) is 11.1 Å². The summed E-state index contributed by atoms with van der Waals surface area (Å²) in [5.74, 6) is -9.14. The Labute approximate surface area is 298 Å². The number of carbonyl (C=O) groups excluding carboxylic acids is 1. The van der Waals surface area contributed by atoms with Gasteiger partial charge in [0.25, 0.3) is 5.92 Å². The summed E-state index contributed by atoms with van der Waals surface area (Å²) in [7, 11) is 0. The molecule has 18 heteroatoms. The van der Waals surface area contributed by atoms with E-state index in [9.17, 15) is 39.9 Å². The number of pyridine rings is 1. The molecule has 280 valence electrons. The summed E-state index contributed by atoms with van der Waals surface area (Å²) in [6, 6.07) is 7.14. The Morgan fingerprint density at radius 3 is 2.32 bits per heavy atom. The van der Waals surface area contributed by atoms with E-state index in [0.717, 1.165) is 16.8 Å². The van der Waals surface area contributed by atoms with Gasteiger partial charge < -0.3 is 5.32 Å². The lowest BCUT2D eigenvalue weighted by Crippen LogP contribution is -2.35. The van der Waals surface area contributed by atoms with Crippen LogP contribution >= 0.6 is 11.6 Å². The Bertz CT molecular complexity index is 2260. The maximum atomic E-state index is 15.3. The topological polar surface area (TPSA) is 77.6 Å². The third-order valence-corrected chi connectivity index (χ3v) is 9.82. The molecule has 3 aromatic heterocycles. The molecule has 0 aliphatic heterocycles. The second-order valence-corrected chi connectivity index (χ2v) is 13.6. The van der Waals surface area contributed by atoms with Crippen LogP contribution in [0.5, 0.6) is 0 Å². The van der Waals surface area contributed by atoms with E-state index in [0.29, 0.717) is 22.9 Å². The molecule has 3 atom stereocenters. The second kappa shape index (κ2) is 12.7. The maximum Gasteiger partial charge on any atom is 0.435 e. The van der Waals surface area contributed by atoms with Gasteiger partial charge in [-0.3, -0.25) is 19.1 Å². The number of fused-ring (bicyclic) bond motifs is 4. The summed E-state index contributed by atoms with van der Waals surface area (Å²) in [4.78, 5) is 18.4. The fraction of sp³-hybridized carbons (Fsp3) is 0.371. The van der Waals surface area contributed by atoms with Gasteiger partial charge in [0.05, 0.1) is 28.0 Å². The first-order valence-electron chi connectivity index (χ1n) is 16.3. The van der Waals surface area contributed by atoms with Crippen molar-refractivity contribution in [3.05, 3.63) is 98.7 Å². The zero-order chi connectivity index (χ0) is 38.4. The monoisotopic (exact) mass is 772 g/mol. The van der Waals surface area contributed by atoms with E-state index in [1.807, 2.05) is 0 Å². The average molecular weight is 773 g/mol. The highest BCUT2D eigenvalue weighted by Gasteiger charge is 2.68. The van der Waals surface area contributed by atoms with Gasteiger partial charge in [-0.1, -0.05) is 30.7 Å². The minimum atomic E-state index is -5.08. The predicted molar refractivity (Wildman–Crippen MR) is 171 cm³/mol. The summed E-state index contributed by atoms with van der Waals surface area (Å²) in [5, 5.41) is 10.3. The standard InChI is InChI=1S/C35H27ClF10N6O/c1-3-19-4-5-20(21-6-7-24(36)27-15(2)49-52(30(21)27)14-33(39,40)41)29(47-19)25(10-16-8-17(37)11-18(38)9-16)48-26(53)13-51-32-28(31(50-51)35(44,45)46)22-12-23(22)34(32,42)43/h4-9,11,22-23,25H,3,10,12-14H2,1-2H3,(H,48,53)/t22-,23+,25?/m0/s1. The van der Waals surface area contributed by atoms with Crippen LogP contribution in [0.25, 0.3) is 22.0 Å². The van der Waals surface area contributed by atoms with Crippen LogP contribution in [0.2, 0.25) is 5.02 Å². The van der Waals surface area contributed by atoms with Crippen LogP contribution in [-0.2, 0) is 42.8 Å². The van der Waals surface area contributed by atoms with Gasteiger partial charge in [0, 0.05) is 39.8 Å². The third-order valence-electron chi connectivity index (χ3n) is 9.50. The second-order valence-electron chi connectivity index (χ2n) is 13.2. The van der Waals surface area contributed by atoms with Gasteiger partial charge in [0.15, 0.2) is 5.69 Å². The number of nitrogens with one attached hydrogen (secondary N) is 1. The average Bonchev–Trinajstić information content (AvgIpc) is 3.58. The van der Waals surface area contributed by atoms with Gasteiger partial charge in [0.1, 0.15) is 30.4 Å². The Hall–Kier alpha value is -4.67. The number of halogens is 11. The van der Waals surface area contributed by atoms with Crippen LogP contribution in [-0.4, -0.2) is 36.6 Å². The summed E-state index contributed by atoms with van der Waals surface area (Å²) in [6.07, 6.45) is -10.0. The quantitative estimate of drug-likeness (QED) is 0.152. The normalized spacial score (nSPS) is 18.3. The van der Waals surface area contributed by atoms with E-state index in [1.165, 1.54) is 25.1 Å².